The van der Waals surface area contributed by atoms with Crippen LogP contribution in [0.3, 0.4) is 0 Å². The van der Waals surface area contributed by atoms with Gasteiger partial charge in [0, 0.05) is 12.6 Å². The van der Waals surface area contributed by atoms with Crippen molar-refractivity contribution in [3.05, 3.63) is 29.3 Å². The summed E-state index contributed by atoms with van der Waals surface area (Å²) in [4.78, 5) is 0. The molecule has 2 rings (SSSR count). The largest absolute Gasteiger partial charge is 0.305 e. The number of rotatable bonds is 2. The van der Waals surface area contributed by atoms with E-state index in [-0.39, 0.29) is 0 Å². The lowest BCUT2D eigenvalue weighted by Crippen LogP contribution is -2.37. The summed E-state index contributed by atoms with van der Waals surface area (Å²) in [5.41, 5.74) is 7.76. The van der Waals surface area contributed by atoms with Crippen LogP contribution in [-0.4, -0.2) is 6.04 Å². The Balaban J connectivity index is 2.43. The van der Waals surface area contributed by atoms with Crippen molar-refractivity contribution in [2.45, 2.75) is 46.2 Å². The molecule has 0 radical (unpaired) electrons. The Morgan fingerprint density at radius 3 is 2.53 bits per heavy atom. The minimum atomic E-state index is 0.508. The molecule has 0 bridgehead atoms. The Bertz CT molecular complexity index is 356. The van der Waals surface area contributed by atoms with E-state index >= 15 is 0 Å². The van der Waals surface area contributed by atoms with E-state index in [0.29, 0.717) is 12.0 Å². The van der Waals surface area contributed by atoms with Gasteiger partial charge in [-0.15, -0.1) is 0 Å². The van der Waals surface area contributed by atoms with Gasteiger partial charge in [0.1, 0.15) is 0 Å². The van der Waals surface area contributed by atoms with Gasteiger partial charge >= 0.3 is 0 Å². The molecule has 0 aliphatic carbocycles. The lowest BCUT2D eigenvalue weighted by molar-refractivity contribution is 0.596. The van der Waals surface area contributed by atoms with Gasteiger partial charge in [0.05, 0.1) is 5.69 Å². The van der Waals surface area contributed by atoms with E-state index in [2.05, 4.69) is 56.3 Å². The normalized spacial score (nSPS) is 15.2. The van der Waals surface area contributed by atoms with Crippen molar-refractivity contribution in [3.8, 4) is 0 Å². The molecule has 2 heteroatoms. The first kappa shape index (κ1) is 10.5. The molecule has 0 unspecified atom stereocenters. The van der Waals surface area contributed by atoms with Crippen LogP contribution < -0.4 is 10.4 Å². The monoisotopic (exact) mass is 204 g/mol. The van der Waals surface area contributed by atoms with Crippen LogP contribution in [0.4, 0.5) is 5.69 Å². The lowest BCUT2D eigenvalue weighted by atomic mass is 9.96. The highest BCUT2D eigenvalue weighted by Gasteiger charge is 2.23. The molecular weight excluding hydrogens is 184 g/mol. The summed E-state index contributed by atoms with van der Waals surface area (Å²) >= 11 is 0. The van der Waals surface area contributed by atoms with Crippen LogP contribution in [0.25, 0.3) is 0 Å². The lowest BCUT2D eigenvalue weighted by Gasteiger charge is -2.24. The fourth-order valence-electron chi connectivity index (χ4n) is 2.26. The number of anilines is 1. The smallest absolute Gasteiger partial charge is 0.0571 e. The van der Waals surface area contributed by atoms with Crippen LogP contribution in [0.2, 0.25) is 0 Å². The summed E-state index contributed by atoms with van der Waals surface area (Å²) in [6.45, 7) is 9.91. The molecule has 1 heterocycles. The van der Waals surface area contributed by atoms with E-state index in [1.54, 1.807) is 0 Å². The standard InChI is InChI=1S/C13H20N2/c1-9(2)11-6-5-7-13-12(11)8-14-15(13)10(3)4/h5-7,9-10,14H,8H2,1-4H3. The summed E-state index contributed by atoms with van der Waals surface area (Å²) in [6.07, 6.45) is 0. The van der Waals surface area contributed by atoms with Crippen LogP contribution in [0.1, 0.15) is 44.7 Å². The van der Waals surface area contributed by atoms with Crippen molar-refractivity contribution in [2.75, 3.05) is 5.01 Å². The molecule has 1 aliphatic heterocycles. The van der Waals surface area contributed by atoms with Crippen LogP contribution in [0, 0.1) is 0 Å². The number of hydrogen-bond donors (Lipinski definition) is 1. The number of nitrogens with one attached hydrogen (secondary N) is 1. The predicted molar refractivity (Wildman–Crippen MR) is 65.0 cm³/mol. The van der Waals surface area contributed by atoms with Crippen molar-refractivity contribution in [2.24, 2.45) is 0 Å². The zero-order valence-electron chi connectivity index (χ0n) is 10.0. The van der Waals surface area contributed by atoms with Crippen LogP contribution in [0.5, 0.6) is 0 Å². The maximum absolute atomic E-state index is 3.45. The van der Waals surface area contributed by atoms with Crippen molar-refractivity contribution in [3.63, 3.8) is 0 Å². The molecule has 0 amide bonds. The van der Waals surface area contributed by atoms with Gasteiger partial charge in [0.2, 0.25) is 0 Å². The Kier molecular flexibility index (Phi) is 2.70. The fraction of sp³-hybridized carbons (Fsp3) is 0.538. The minimum absolute atomic E-state index is 0.508. The van der Waals surface area contributed by atoms with Crippen molar-refractivity contribution < 1.29 is 0 Å². The van der Waals surface area contributed by atoms with Gasteiger partial charge in [0.15, 0.2) is 0 Å². The van der Waals surface area contributed by atoms with Crippen LogP contribution in [0.15, 0.2) is 18.2 Å². The Morgan fingerprint density at radius 1 is 1.20 bits per heavy atom. The molecule has 82 valence electrons. The topological polar surface area (TPSA) is 15.3 Å². The zero-order chi connectivity index (χ0) is 11.0. The van der Waals surface area contributed by atoms with Gasteiger partial charge in [-0.1, -0.05) is 26.0 Å². The predicted octanol–water partition coefficient (Wildman–Crippen LogP) is 3.04. The fourth-order valence-corrected chi connectivity index (χ4v) is 2.26. The van der Waals surface area contributed by atoms with Crippen LogP contribution in [-0.2, 0) is 6.54 Å². The number of hydrazine groups is 1. The summed E-state index contributed by atoms with van der Waals surface area (Å²) < 4.78 is 0. The summed E-state index contributed by atoms with van der Waals surface area (Å²) in [5.74, 6) is 0.605. The molecule has 0 aromatic heterocycles. The van der Waals surface area contributed by atoms with Gasteiger partial charge in [-0.3, -0.25) is 0 Å². The molecule has 0 saturated carbocycles. The highest BCUT2D eigenvalue weighted by atomic mass is 15.5. The third-order valence-electron chi connectivity index (χ3n) is 3.01. The molecule has 1 aromatic rings. The first-order valence-corrected chi connectivity index (χ1v) is 5.75. The van der Waals surface area contributed by atoms with E-state index in [1.165, 1.54) is 16.8 Å². The van der Waals surface area contributed by atoms with Crippen molar-refractivity contribution >= 4 is 5.69 Å². The third kappa shape index (κ3) is 1.74. The Hall–Kier alpha value is -1.02. The third-order valence-corrected chi connectivity index (χ3v) is 3.01. The van der Waals surface area contributed by atoms with Crippen molar-refractivity contribution in [1.29, 1.82) is 0 Å². The van der Waals surface area contributed by atoms with E-state index in [1.807, 2.05) is 0 Å². The first-order chi connectivity index (χ1) is 7.11. The minimum Gasteiger partial charge on any atom is -0.305 e. The molecule has 0 saturated heterocycles. The number of hydrogen-bond acceptors (Lipinski definition) is 2. The van der Waals surface area contributed by atoms with E-state index in [9.17, 15) is 0 Å². The molecule has 1 N–H and O–H groups in total. The van der Waals surface area contributed by atoms with Crippen LogP contribution >= 0.6 is 0 Å². The zero-order valence-corrected chi connectivity index (χ0v) is 10.0. The molecular formula is C13H20N2. The average Bonchev–Trinajstić information content (AvgIpc) is 2.59. The van der Waals surface area contributed by atoms with E-state index in [0.717, 1.165) is 6.54 Å². The summed E-state index contributed by atoms with van der Waals surface area (Å²) in [6, 6.07) is 7.13. The van der Waals surface area contributed by atoms with Gasteiger partial charge in [-0.2, -0.15) is 0 Å². The number of benzene rings is 1. The molecule has 0 spiro atoms. The number of fused-ring (bicyclic) bond motifs is 1. The highest BCUT2D eigenvalue weighted by Crippen LogP contribution is 2.32. The SMILES string of the molecule is CC(C)c1cccc2c1CNN2C(C)C. The second-order valence-electron chi connectivity index (χ2n) is 4.80. The maximum atomic E-state index is 3.45. The van der Waals surface area contributed by atoms with Crippen molar-refractivity contribution in [1.82, 2.24) is 5.43 Å². The Labute approximate surface area is 92.3 Å². The quantitative estimate of drug-likeness (QED) is 0.796. The summed E-state index contributed by atoms with van der Waals surface area (Å²) in [5, 5.41) is 2.27. The Morgan fingerprint density at radius 2 is 1.93 bits per heavy atom. The molecule has 0 fully saturated rings. The van der Waals surface area contributed by atoms with Gasteiger partial charge in [0.25, 0.3) is 0 Å². The maximum Gasteiger partial charge on any atom is 0.0571 e. The van der Waals surface area contributed by atoms with E-state index < -0.39 is 0 Å². The second kappa shape index (κ2) is 3.86. The number of nitrogens with zero attached hydrogens (tertiary/aromatic N) is 1. The molecule has 2 nitrogen and oxygen atoms in total. The first-order valence-electron chi connectivity index (χ1n) is 5.75. The van der Waals surface area contributed by atoms with Gasteiger partial charge < -0.3 is 5.01 Å². The molecule has 1 aliphatic rings. The second-order valence-corrected chi connectivity index (χ2v) is 4.80. The molecule has 15 heavy (non-hydrogen) atoms. The average molecular weight is 204 g/mol. The summed E-state index contributed by atoms with van der Waals surface area (Å²) in [7, 11) is 0. The van der Waals surface area contributed by atoms with E-state index in [4.69, 9.17) is 0 Å². The molecule has 1 aromatic carbocycles. The molecule has 0 atom stereocenters. The van der Waals surface area contributed by atoms with Gasteiger partial charge in [-0.05, 0) is 37.0 Å². The van der Waals surface area contributed by atoms with Gasteiger partial charge in [-0.25, -0.2) is 5.43 Å². The highest BCUT2D eigenvalue weighted by molar-refractivity contribution is 5.60.